The van der Waals surface area contributed by atoms with Crippen molar-refractivity contribution in [1.29, 1.82) is 0 Å². The molecule has 0 unspecified atom stereocenters. The molecule has 0 amide bonds. The van der Waals surface area contributed by atoms with E-state index in [1.165, 1.54) is 6.08 Å². The number of fused-ring (bicyclic) bond motifs is 1. The number of ether oxygens (including phenoxy) is 4. The minimum absolute atomic E-state index is 0.0543. The van der Waals surface area contributed by atoms with Crippen LogP contribution in [0.5, 0.6) is 17.2 Å². The maximum absolute atomic E-state index is 12.7. The van der Waals surface area contributed by atoms with Gasteiger partial charge in [0, 0.05) is 20.1 Å². The number of esters is 2. The zero-order valence-corrected chi connectivity index (χ0v) is 21.8. The number of hydrogen-bond donors (Lipinski definition) is 0. The topological polar surface area (TPSA) is 83.4 Å². The van der Waals surface area contributed by atoms with Crippen molar-refractivity contribution in [1.82, 2.24) is 0 Å². The summed E-state index contributed by atoms with van der Waals surface area (Å²) in [5.41, 5.74) is 1.45. The molecule has 0 N–H and O–H groups in total. The van der Waals surface area contributed by atoms with Crippen LogP contribution in [0.1, 0.15) is 21.5 Å². The van der Waals surface area contributed by atoms with Crippen molar-refractivity contribution < 1.29 is 28.5 Å². The third kappa shape index (κ3) is 4.66. The highest BCUT2D eigenvalue weighted by molar-refractivity contribution is 9.11. The minimum Gasteiger partial charge on any atom is -0.454 e. The summed E-state index contributed by atoms with van der Waals surface area (Å²) in [6.45, 7) is 0.135. The van der Waals surface area contributed by atoms with Gasteiger partial charge in [-0.2, -0.15) is 0 Å². The Labute approximate surface area is 218 Å². The summed E-state index contributed by atoms with van der Waals surface area (Å²) in [6.07, 6.45) is 1.50. The molecule has 0 radical (unpaired) electrons. The number of rotatable bonds is 4. The fourth-order valence-corrected chi connectivity index (χ4v) is 4.85. The van der Waals surface area contributed by atoms with Crippen LogP contribution < -0.4 is 14.2 Å². The first-order valence-corrected chi connectivity index (χ1v) is 12.1. The molecule has 7 nitrogen and oxygen atoms in total. The van der Waals surface area contributed by atoms with Crippen LogP contribution in [0.15, 0.2) is 78.7 Å². The number of cyclic esters (lactones) is 1. The molecule has 0 bridgehead atoms. The summed E-state index contributed by atoms with van der Waals surface area (Å²) in [5, 5.41) is 0. The van der Waals surface area contributed by atoms with Gasteiger partial charge < -0.3 is 18.9 Å². The molecule has 3 aromatic rings. The average molecular weight is 650 g/mol. The molecule has 0 atom stereocenters. The van der Waals surface area contributed by atoms with E-state index in [-0.39, 0.29) is 24.1 Å². The van der Waals surface area contributed by atoms with E-state index in [0.717, 1.165) is 4.47 Å². The van der Waals surface area contributed by atoms with E-state index in [4.69, 9.17) is 18.9 Å². The van der Waals surface area contributed by atoms with Crippen LogP contribution in [-0.2, 0) is 9.53 Å². The van der Waals surface area contributed by atoms with Crippen molar-refractivity contribution >= 4 is 71.7 Å². The Balaban J connectivity index is 1.48. The Morgan fingerprint density at radius 3 is 2.50 bits per heavy atom. The van der Waals surface area contributed by atoms with Gasteiger partial charge in [-0.3, -0.25) is 0 Å². The molecule has 34 heavy (non-hydrogen) atoms. The van der Waals surface area contributed by atoms with Crippen LogP contribution >= 0.6 is 47.8 Å². The smallest absolute Gasteiger partial charge is 0.363 e. The molecule has 2 aliphatic rings. The Bertz CT molecular complexity index is 1400. The number of carbonyl (C=O) groups excluding carboxylic acids is 2. The summed E-state index contributed by atoms with van der Waals surface area (Å²) >= 11 is 10.2. The summed E-state index contributed by atoms with van der Waals surface area (Å²) in [7, 11) is 0. The second kappa shape index (κ2) is 9.36. The summed E-state index contributed by atoms with van der Waals surface area (Å²) < 4.78 is 23.8. The molecule has 0 spiro atoms. The van der Waals surface area contributed by atoms with Crippen molar-refractivity contribution in [2.75, 3.05) is 6.79 Å². The van der Waals surface area contributed by atoms with Crippen molar-refractivity contribution in [2.24, 2.45) is 4.99 Å². The zero-order valence-electron chi connectivity index (χ0n) is 17.0. The molecular formula is C24H12Br3NO6. The minimum atomic E-state index is -0.631. The van der Waals surface area contributed by atoms with Crippen LogP contribution in [0.25, 0.3) is 6.08 Å². The van der Waals surface area contributed by atoms with Gasteiger partial charge in [-0.15, -0.1) is 0 Å². The second-order valence-corrected chi connectivity index (χ2v) is 9.79. The normalized spacial score (nSPS) is 15.3. The highest BCUT2D eigenvalue weighted by Gasteiger charge is 2.27. The lowest BCUT2D eigenvalue weighted by atomic mass is 10.1. The summed E-state index contributed by atoms with van der Waals surface area (Å²) in [5.74, 6) is 0.357. The maximum atomic E-state index is 12.7. The second-order valence-electron chi connectivity index (χ2n) is 7.11. The summed E-state index contributed by atoms with van der Waals surface area (Å²) in [4.78, 5) is 29.6. The van der Waals surface area contributed by atoms with Crippen molar-refractivity contribution in [3.8, 4) is 17.2 Å². The van der Waals surface area contributed by atoms with E-state index in [0.29, 0.717) is 37.1 Å². The van der Waals surface area contributed by atoms with Crippen molar-refractivity contribution in [3.05, 3.63) is 90.4 Å². The van der Waals surface area contributed by atoms with Gasteiger partial charge in [-0.1, -0.05) is 31.9 Å². The quantitative estimate of drug-likeness (QED) is 0.188. The molecule has 0 aromatic heterocycles. The molecule has 10 heteroatoms. The van der Waals surface area contributed by atoms with Crippen molar-refractivity contribution in [2.45, 2.75) is 0 Å². The third-order valence-corrected chi connectivity index (χ3v) is 6.42. The monoisotopic (exact) mass is 647 g/mol. The van der Waals surface area contributed by atoms with Gasteiger partial charge in [0.15, 0.2) is 22.9 Å². The van der Waals surface area contributed by atoms with E-state index in [2.05, 4.69) is 52.8 Å². The fraction of sp³-hybridized carbons (Fsp3) is 0.0417. The standard InChI is InChI=1S/C24H12Br3NO6/c25-15-4-1-12(2-5-15)23(29)33-21-14(7-16(26)10-17(21)27)8-18-24(30)34-22(28-18)13-3-6-19-20(9-13)32-11-31-19/h1-10H,11H2/b18-8+. The molecule has 3 aromatic carbocycles. The van der Waals surface area contributed by atoms with Gasteiger partial charge >= 0.3 is 11.9 Å². The first-order chi connectivity index (χ1) is 16.4. The molecule has 2 heterocycles. The van der Waals surface area contributed by atoms with Crippen LogP contribution in [0.2, 0.25) is 0 Å². The van der Waals surface area contributed by atoms with Crippen LogP contribution in [0.3, 0.4) is 0 Å². The molecular weight excluding hydrogens is 638 g/mol. The van der Waals surface area contributed by atoms with Gasteiger partial charge in [0.1, 0.15) is 0 Å². The Morgan fingerprint density at radius 1 is 0.941 bits per heavy atom. The molecule has 0 aliphatic carbocycles. The Kier molecular flexibility index (Phi) is 6.28. The molecule has 0 fully saturated rings. The average Bonchev–Trinajstić information content (AvgIpc) is 3.42. The Hall–Kier alpha value is -2.95. The first kappa shape index (κ1) is 22.8. The van der Waals surface area contributed by atoms with Crippen LogP contribution in [-0.4, -0.2) is 24.6 Å². The SMILES string of the molecule is O=C1OC(c2ccc3c(c2)OCO3)=N/C1=C/c1cc(Br)cc(Br)c1OC(=O)c1ccc(Br)cc1. The van der Waals surface area contributed by atoms with E-state index < -0.39 is 11.9 Å². The van der Waals surface area contributed by atoms with Crippen molar-refractivity contribution in [3.63, 3.8) is 0 Å². The highest BCUT2D eigenvalue weighted by atomic mass is 79.9. The fourth-order valence-electron chi connectivity index (χ4n) is 3.24. The van der Waals surface area contributed by atoms with E-state index >= 15 is 0 Å². The lowest BCUT2D eigenvalue weighted by Crippen LogP contribution is -2.10. The zero-order chi connectivity index (χ0) is 23.8. The lowest BCUT2D eigenvalue weighted by molar-refractivity contribution is -0.129. The number of halogens is 3. The van der Waals surface area contributed by atoms with Crippen LogP contribution in [0.4, 0.5) is 0 Å². The van der Waals surface area contributed by atoms with Gasteiger partial charge in [-0.05, 0) is 76.6 Å². The number of hydrogen-bond acceptors (Lipinski definition) is 7. The van der Waals surface area contributed by atoms with E-state index in [1.54, 1.807) is 54.6 Å². The number of benzene rings is 3. The van der Waals surface area contributed by atoms with Gasteiger partial charge in [-0.25, -0.2) is 14.6 Å². The summed E-state index contributed by atoms with van der Waals surface area (Å²) in [6, 6.07) is 15.4. The van der Waals surface area contributed by atoms with Gasteiger partial charge in [0.05, 0.1) is 10.0 Å². The molecule has 0 saturated carbocycles. The van der Waals surface area contributed by atoms with Crippen LogP contribution in [0, 0.1) is 0 Å². The first-order valence-electron chi connectivity index (χ1n) is 9.77. The maximum Gasteiger partial charge on any atom is 0.363 e. The number of aliphatic imine (C=N–C) groups is 1. The number of nitrogens with zero attached hydrogens (tertiary/aromatic N) is 1. The Morgan fingerprint density at radius 2 is 1.71 bits per heavy atom. The highest BCUT2D eigenvalue weighted by Crippen LogP contribution is 2.37. The van der Waals surface area contributed by atoms with E-state index in [1.807, 2.05) is 0 Å². The predicted octanol–water partition coefficient (Wildman–Crippen LogP) is 6.27. The van der Waals surface area contributed by atoms with Gasteiger partial charge in [0.25, 0.3) is 0 Å². The largest absolute Gasteiger partial charge is 0.454 e. The molecule has 0 saturated heterocycles. The lowest BCUT2D eigenvalue weighted by Gasteiger charge is -2.11. The molecule has 5 rings (SSSR count). The predicted molar refractivity (Wildman–Crippen MR) is 134 cm³/mol. The molecule has 2 aliphatic heterocycles. The van der Waals surface area contributed by atoms with E-state index in [9.17, 15) is 9.59 Å². The molecule has 170 valence electrons. The van der Waals surface area contributed by atoms with Gasteiger partial charge in [0.2, 0.25) is 12.7 Å². The third-order valence-electron chi connectivity index (χ3n) is 4.84. The number of carbonyl (C=O) groups is 2.